The van der Waals surface area contributed by atoms with E-state index in [-0.39, 0.29) is 11.5 Å². The summed E-state index contributed by atoms with van der Waals surface area (Å²) in [7, 11) is 1.41. The number of ketones is 1. The highest BCUT2D eigenvalue weighted by Crippen LogP contribution is 2.19. The Bertz CT molecular complexity index is 442. The molecule has 0 spiro atoms. The predicted molar refractivity (Wildman–Crippen MR) is 72.2 cm³/mol. The third kappa shape index (κ3) is 3.77. The molecule has 3 nitrogen and oxygen atoms in total. The summed E-state index contributed by atoms with van der Waals surface area (Å²) < 4.78 is 18.3. The van der Waals surface area contributed by atoms with E-state index in [4.69, 9.17) is 4.74 Å². The SMILES string of the molecule is COc1ccc(C(=O)CCNC2CCCC2)cc1F. The van der Waals surface area contributed by atoms with Gasteiger partial charge in [0, 0.05) is 24.6 Å². The number of Topliss-reactive ketones (excluding diaryl/α,β-unsaturated/α-hetero) is 1. The third-order valence-corrected chi connectivity index (χ3v) is 3.61. The Morgan fingerprint density at radius 1 is 1.42 bits per heavy atom. The Balaban J connectivity index is 1.83. The molecular weight excluding hydrogens is 245 g/mol. The molecule has 0 unspecified atom stereocenters. The summed E-state index contributed by atoms with van der Waals surface area (Å²) in [4.78, 5) is 11.9. The van der Waals surface area contributed by atoms with E-state index in [1.807, 2.05) is 0 Å². The van der Waals surface area contributed by atoms with Crippen LogP contribution in [0.4, 0.5) is 4.39 Å². The van der Waals surface area contributed by atoms with Gasteiger partial charge in [0.2, 0.25) is 0 Å². The first-order chi connectivity index (χ1) is 9.20. The molecule has 0 aliphatic heterocycles. The quantitative estimate of drug-likeness (QED) is 0.804. The minimum Gasteiger partial charge on any atom is -0.494 e. The van der Waals surface area contributed by atoms with Crippen molar-refractivity contribution in [3.8, 4) is 5.75 Å². The largest absolute Gasteiger partial charge is 0.494 e. The Labute approximate surface area is 113 Å². The molecule has 0 bridgehead atoms. The Morgan fingerprint density at radius 2 is 2.16 bits per heavy atom. The van der Waals surface area contributed by atoms with E-state index >= 15 is 0 Å². The molecular formula is C15H20FNO2. The van der Waals surface area contributed by atoms with Crippen LogP contribution in [0.1, 0.15) is 42.5 Å². The number of rotatable bonds is 6. The van der Waals surface area contributed by atoms with Crippen molar-refractivity contribution in [1.29, 1.82) is 0 Å². The molecule has 2 rings (SSSR count). The molecule has 0 amide bonds. The van der Waals surface area contributed by atoms with E-state index in [9.17, 15) is 9.18 Å². The van der Waals surface area contributed by atoms with Gasteiger partial charge in [0.25, 0.3) is 0 Å². The molecule has 0 saturated heterocycles. The van der Waals surface area contributed by atoms with Crippen LogP contribution in [0, 0.1) is 5.82 Å². The maximum atomic E-state index is 13.5. The summed E-state index contributed by atoms with van der Waals surface area (Å²) in [5.74, 6) is -0.357. The summed E-state index contributed by atoms with van der Waals surface area (Å²) >= 11 is 0. The van der Waals surface area contributed by atoms with Crippen LogP contribution in [0.3, 0.4) is 0 Å². The molecule has 0 aromatic heterocycles. The second-order valence-electron chi connectivity index (χ2n) is 4.96. The number of carbonyl (C=O) groups is 1. The van der Waals surface area contributed by atoms with Crippen molar-refractivity contribution in [2.75, 3.05) is 13.7 Å². The van der Waals surface area contributed by atoms with Gasteiger partial charge in [-0.15, -0.1) is 0 Å². The highest BCUT2D eigenvalue weighted by atomic mass is 19.1. The van der Waals surface area contributed by atoms with Crippen LogP contribution >= 0.6 is 0 Å². The van der Waals surface area contributed by atoms with Crippen LogP contribution in [0.5, 0.6) is 5.75 Å². The fraction of sp³-hybridized carbons (Fsp3) is 0.533. The molecule has 1 aromatic rings. The lowest BCUT2D eigenvalue weighted by atomic mass is 10.1. The van der Waals surface area contributed by atoms with Gasteiger partial charge in [0.15, 0.2) is 17.3 Å². The van der Waals surface area contributed by atoms with Crippen LogP contribution < -0.4 is 10.1 Å². The number of methoxy groups -OCH3 is 1. The van der Waals surface area contributed by atoms with E-state index in [1.54, 1.807) is 6.07 Å². The number of hydrogen-bond acceptors (Lipinski definition) is 3. The van der Waals surface area contributed by atoms with Crippen molar-refractivity contribution in [3.63, 3.8) is 0 Å². The molecule has 0 radical (unpaired) electrons. The predicted octanol–water partition coefficient (Wildman–Crippen LogP) is 2.94. The number of halogens is 1. The van der Waals surface area contributed by atoms with Gasteiger partial charge in [0.1, 0.15) is 0 Å². The van der Waals surface area contributed by atoms with Crippen LogP contribution in [-0.4, -0.2) is 25.5 Å². The van der Waals surface area contributed by atoms with Gasteiger partial charge in [-0.05, 0) is 31.0 Å². The zero-order valence-electron chi connectivity index (χ0n) is 11.2. The van der Waals surface area contributed by atoms with E-state index < -0.39 is 5.82 Å². The van der Waals surface area contributed by atoms with Crippen LogP contribution in [0.15, 0.2) is 18.2 Å². The van der Waals surface area contributed by atoms with E-state index in [0.29, 0.717) is 24.6 Å². The van der Waals surface area contributed by atoms with Gasteiger partial charge in [-0.2, -0.15) is 0 Å². The molecule has 1 aliphatic carbocycles. The molecule has 1 saturated carbocycles. The number of ether oxygens (including phenoxy) is 1. The first-order valence-electron chi connectivity index (χ1n) is 6.81. The zero-order chi connectivity index (χ0) is 13.7. The first-order valence-corrected chi connectivity index (χ1v) is 6.81. The van der Waals surface area contributed by atoms with E-state index in [2.05, 4.69) is 5.32 Å². The van der Waals surface area contributed by atoms with Gasteiger partial charge >= 0.3 is 0 Å². The normalized spacial score (nSPS) is 15.7. The van der Waals surface area contributed by atoms with Gasteiger partial charge in [0.05, 0.1) is 7.11 Å². The molecule has 0 atom stereocenters. The maximum Gasteiger partial charge on any atom is 0.165 e. The fourth-order valence-electron chi connectivity index (χ4n) is 2.50. The number of carbonyl (C=O) groups excluding carboxylic acids is 1. The monoisotopic (exact) mass is 265 g/mol. The molecule has 0 heterocycles. The molecule has 1 aliphatic rings. The van der Waals surface area contributed by atoms with Crippen molar-refractivity contribution in [2.45, 2.75) is 38.1 Å². The van der Waals surface area contributed by atoms with Crippen molar-refractivity contribution < 1.29 is 13.9 Å². The minimum atomic E-state index is -0.489. The van der Waals surface area contributed by atoms with E-state index in [1.165, 1.54) is 44.9 Å². The molecule has 1 aromatic carbocycles. The van der Waals surface area contributed by atoms with Crippen molar-refractivity contribution in [2.24, 2.45) is 0 Å². The van der Waals surface area contributed by atoms with E-state index in [0.717, 1.165) is 0 Å². The smallest absolute Gasteiger partial charge is 0.165 e. The van der Waals surface area contributed by atoms with Crippen LogP contribution in [0.2, 0.25) is 0 Å². The summed E-state index contributed by atoms with van der Waals surface area (Å²) in [6.45, 7) is 0.664. The second kappa shape index (κ2) is 6.66. The van der Waals surface area contributed by atoms with Gasteiger partial charge in [-0.1, -0.05) is 12.8 Å². The van der Waals surface area contributed by atoms with Crippen LogP contribution in [0.25, 0.3) is 0 Å². The Kier molecular flexibility index (Phi) is 4.91. The molecule has 4 heteroatoms. The van der Waals surface area contributed by atoms with Crippen molar-refractivity contribution in [1.82, 2.24) is 5.32 Å². The molecule has 1 N–H and O–H groups in total. The van der Waals surface area contributed by atoms with Crippen LogP contribution in [-0.2, 0) is 0 Å². The molecule has 104 valence electrons. The lowest BCUT2D eigenvalue weighted by molar-refractivity contribution is 0.0981. The topological polar surface area (TPSA) is 38.3 Å². The van der Waals surface area contributed by atoms with Crippen molar-refractivity contribution in [3.05, 3.63) is 29.6 Å². The third-order valence-electron chi connectivity index (χ3n) is 3.61. The summed E-state index contributed by atoms with van der Waals surface area (Å²) in [5, 5.41) is 3.38. The number of benzene rings is 1. The highest BCUT2D eigenvalue weighted by molar-refractivity contribution is 5.96. The molecule has 1 fully saturated rings. The fourth-order valence-corrected chi connectivity index (χ4v) is 2.50. The standard InChI is InChI=1S/C15H20FNO2/c1-19-15-7-6-11(10-13(15)16)14(18)8-9-17-12-4-2-3-5-12/h6-7,10,12,17H,2-5,8-9H2,1H3. The van der Waals surface area contributed by atoms with Gasteiger partial charge < -0.3 is 10.1 Å². The minimum absolute atomic E-state index is 0.0351. The summed E-state index contributed by atoms with van der Waals surface area (Å²) in [6.07, 6.45) is 5.35. The van der Waals surface area contributed by atoms with Gasteiger partial charge in [-0.25, -0.2) is 4.39 Å². The Morgan fingerprint density at radius 3 is 2.79 bits per heavy atom. The number of nitrogens with one attached hydrogen (secondary N) is 1. The van der Waals surface area contributed by atoms with Crippen molar-refractivity contribution >= 4 is 5.78 Å². The summed E-state index contributed by atoms with van der Waals surface area (Å²) in [5.41, 5.74) is 0.409. The Hall–Kier alpha value is -1.42. The second-order valence-corrected chi connectivity index (χ2v) is 4.96. The highest BCUT2D eigenvalue weighted by Gasteiger charge is 2.15. The average Bonchev–Trinajstić information content (AvgIpc) is 2.91. The lowest BCUT2D eigenvalue weighted by Crippen LogP contribution is -2.28. The summed E-state index contributed by atoms with van der Waals surface area (Å²) in [6, 6.07) is 4.91. The number of hydrogen-bond donors (Lipinski definition) is 1. The lowest BCUT2D eigenvalue weighted by Gasteiger charge is -2.11. The van der Waals surface area contributed by atoms with Gasteiger partial charge in [-0.3, -0.25) is 4.79 Å². The maximum absolute atomic E-state index is 13.5. The first kappa shape index (κ1) is 14.0. The molecule has 19 heavy (non-hydrogen) atoms. The average molecular weight is 265 g/mol. The zero-order valence-corrected chi connectivity index (χ0v) is 11.2.